The molecule has 0 radical (unpaired) electrons. The number of benzene rings is 3. The summed E-state index contributed by atoms with van der Waals surface area (Å²) in [5.74, 6) is 1.56. The molecule has 0 aliphatic carbocycles. The fourth-order valence-corrected chi connectivity index (χ4v) is 4.06. The quantitative estimate of drug-likeness (QED) is 0.272. The number of hydrogen-bond acceptors (Lipinski definition) is 4. The highest BCUT2D eigenvalue weighted by atomic mass is 79.9. The van der Waals surface area contributed by atoms with E-state index >= 15 is 0 Å². The fourth-order valence-electron chi connectivity index (χ4n) is 3.79. The van der Waals surface area contributed by atoms with Crippen molar-refractivity contribution in [3.8, 4) is 11.5 Å². The van der Waals surface area contributed by atoms with Crippen molar-refractivity contribution in [3.63, 3.8) is 0 Å². The third-order valence-electron chi connectivity index (χ3n) is 5.54. The molecule has 0 aliphatic rings. The van der Waals surface area contributed by atoms with Crippen molar-refractivity contribution in [1.29, 1.82) is 0 Å². The smallest absolute Gasteiger partial charge is 0.228 e. The Hall–Kier alpha value is -3.51. The number of imidazole rings is 1. The van der Waals surface area contributed by atoms with Gasteiger partial charge in [0.05, 0.1) is 17.6 Å². The molecule has 0 saturated carbocycles. The first-order valence-corrected chi connectivity index (χ1v) is 11.1. The van der Waals surface area contributed by atoms with E-state index in [1.54, 1.807) is 12.1 Å². The van der Waals surface area contributed by atoms with Gasteiger partial charge in [0.2, 0.25) is 11.7 Å². The standard InChI is InChI=1S/C26H20BrN3O2/c1-16-7-3-4-8-20(16)26-29-22(17(2)32-26)15-30-23-10-6-5-9-21(23)28-25(30)24(31)18-11-13-19(27)14-12-18/h3-14H,15H2,1-2H3. The minimum absolute atomic E-state index is 0.131. The summed E-state index contributed by atoms with van der Waals surface area (Å²) in [7, 11) is 0. The molecule has 32 heavy (non-hydrogen) atoms. The summed E-state index contributed by atoms with van der Waals surface area (Å²) in [4.78, 5) is 22.8. The number of aromatic nitrogens is 3. The SMILES string of the molecule is Cc1ccccc1-c1nc(Cn2c(C(=O)c3ccc(Br)cc3)nc3ccccc32)c(C)o1. The first-order valence-electron chi connectivity index (χ1n) is 10.3. The van der Waals surface area contributed by atoms with E-state index in [1.165, 1.54) is 0 Å². The number of carbonyl (C=O) groups excluding carboxylic acids is 1. The molecule has 5 nitrogen and oxygen atoms in total. The number of rotatable bonds is 5. The Bertz CT molecular complexity index is 1450. The Morgan fingerprint density at radius 2 is 1.66 bits per heavy atom. The molecule has 0 atom stereocenters. The lowest BCUT2D eigenvalue weighted by atomic mass is 10.1. The van der Waals surface area contributed by atoms with E-state index in [-0.39, 0.29) is 5.78 Å². The predicted octanol–water partition coefficient (Wildman–Crippen LogP) is 6.35. The largest absolute Gasteiger partial charge is 0.441 e. The van der Waals surface area contributed by atoms with Crippen LogP contribution in [0.3, 0.4) is 0 Å². The average Bonchev–Trinajstić information content (AvgIpc) is 3.35. The molecule has 0 amide bonds. The second-order valence-electron chi connectivity index (χ2n) is 7.68. The van der Waals surface area contributed by atoms with Gasteiger partial charge in [-0.1, -0.05) is 46.3 Å². The number of hydrogen-bond donors (Lipinski definition) is 0. The molecule has 3 aromatic carbocycles. The van der Waals surface area contributed by atoms with Crippen molar-refractivity contribution in [2.45, 2.75) is 20.4 Å². The second-order valence-corrected chi connectivity index (χ2v) is 8.60. The topological polar surface area (TPSA) is 60.9 Å². The van der Waals surface area contributed by atoms with Crippen LogP contribution in [0, 0.1) is 13.8 Å². The molecular weight excluding hydrogens is 466 g/mol. The van der Waals surface area contributed by atoms with Gasteiger partial charge in [0.25, 0.3) is 0 Å². The number of oxazole rings is 1. The summed E-state index contributed by atoms with van der Waals surface area (Å²) in [5.41, 5.74) is 5.07. The number of carbonyl (C=O) groups is 1. The summed E-state index contributed by atoms with van der Waals surface area (Å²) in [6, 6.07) is 23.1. The number of fused-ring (bicyclic) bond motifs is 1. The lowest BCUT2D eigenvalue weighted by Gasteiger charge is -2.08. The van der Waals surface area contributed by atoms with Crippen LogP contribution in [0.5, 0.6) is 0 Å². The van der Waals surface area contributed by atoms with Crippen molar-refractivity contribution in [2.75, 3.05) is 0 Å². The van der Waals surface area contributed by atoms with Crippen LogP contribution < -0.4 is 0 Å². The number of halogens is 1. The second kappa shape index (κ2) is 8.20. The van der Waals surface area contributed by atoms with Crippen LogP contribution in [0.25, 0.3) is 22.5 Å². The first kappa shape index (κ1) is 20.4. The maximum atomic E-state index is 13.4. The van der Waals surface area contributed by atoms with E-state index in [2.05, 4.69) is 20.9 Å². The van der Waals surface area contributed by atoms with Crippen LogP contribution in [0.15, 0.2) is 81.7 Å². The van der Waals surface area contributed by atoms with E-state index in [1.807, 2.05) is 79.1 Å². The molecule has 2 heterocycles. The molecule has 0 spiro atoms. The van der Waals surface area contributed by atoms with Crippen molar-refractivity contribution in [1.82, 2.24) is 14.5 Å². The maximum Gasteiger partial charge on any atom is 0.228 e. The molecule has 0 saturated heterocycles. The van der Waals surface area contributed by atoms with Gasteiger partial charge in [-0.3, -0.25) is 4.79 Å². The van der Waals surface area contributed by atoms with E-state index in [0.717, 1.165) is 38.1 Å². The molecule has 0 fully saturated rings. The molecule has 5 rings (SSSR count). The van der Waals surface area contributed by atoms with Crippen LogP contribution in [-0.2, 0) is 6.54 Å². The van der Waals surface area contributed by atoms with Gasteiger partial charge in [-0.25, -0.2) is 9.97 Å². The highest BCUT2D eigenvalue weighted by molar-refractivity contribution is 9.10. The van der Waals surface area contributed by atoms with E-state index < -0.39 is 0 Å². The monoisotopic (exact) mass is 485 g/mol. The molecule has 5 aromatic rings. The van der Waals surface area contributed by atoms with E-state index in [9.17, 15) is 4.79 Å². The highest BCUT2D eigenvalue weighted by Crippen LogP contribution is 2.27. The molecule has 0 bridgehead atoms. The normalized spacial score (nSPS) is 11.2. The zero-order chi connectivity index (χ0) is 22.2. The van der Waals surface area contributed by atoms with Crippen molar-refractivity contribution in [2.24, 2.45) is 0 Å². The molecule has 0 aliphatic heterocycles. The van der Waals surface area contributed by atoms with Crippen LogP contribution >= 0.6 is 15.9 Å². The zero-order valence-corrected chi connectivity index (χ0v) is 19.3. The molecule has 0 unspecified atom stereocenters. The number of para-hydroxylation sites is 2. The number of aryl methyl sites for hydroxylation is 2. The minimum atomic E-state index is -0.131. The Balaban J connectivity index is 1.59. The van der Waals surface area contributed by atoms with Gasteiger partial charge in [0.15, 0.2) is 5.82 Å². The highest BCUT2D eigenvalue weighted by Gasteiger charge is 2.22. The molecule has 158 valence electrons. The fraction of sp³-hybridized carbons (Fsp3) is 0.115. The number of ketones is 1. The summed E-state index contributed by atoms with van der Waals surface area (Å²) >= 11 is 3.42. The lowest BCUT2D eigenvalue weighted by molar-refractivity contribution is 0.102. The van der Waals surface area contributed by atoms with Crippen molar-refractivity contribution in [3.05, 3.63) is 106 Å². The van der Waals surface area contributed by atoms with Crippen LogP contribution in [0.2, 0.25) is 0 Å². The van der Waals surface area contributed by atoms with Gasteiger partial charge >= 0.3 is 0 Å². The number of nitrogens with zero attached hydrogens (tertiary/aromatic N) is 3. The van der Waals surface area contributed by atoms with Gasteiger partial charge in [-0.2, -0.15) is 0 Å². The third-order valence-corrected chi connectivity index (χ3v) is 6.07. The molecular formula is C26H20BrN3O2. The molecule has 0 N–H and O–H groups in total. The molecule has 6 heteroatoms. The van der Waals surface area contributed by atoms with Crippen LogP contribution in [0.1, 0.15) is 33.2 Å². The van der Waals surface area contributed by atoms with Gasteiger partial charge in [-0.15, -0.1) is 0 Å². The van der Waals surface area contributed by atoms with Crippen LogP contribution in [0.4, 0.5) is 0 Å². The summed E-state index contributed by atoms with van der Waals surface area (Å²) in [5, 5.41) is 0. The Morgan fingerprint density at radius 3 is 2.44 bits per heavy atom. The zero-order valence-electron chi connectivity index (χ0n) is 17.7. The van der Waals surface area contributed by atoms with Gasteiger partial charge in [-0.05, 0) is 61.9 Å². The Morgan fingerprint density at radius 1 is 0.938 bits per heavy atom. The van der Waals surface area contributed by atoms with Crippen molar-refractivity contribution >= 4 is 32.7 Å². The van der Waals surface area contributed by atoms with E-state index in [0.29, 0.717) is 23.8 Å². The van der Waals surface area contributed by atoms with Gasteiger partial charge in [0, 0.05) is 15.6 Å². The predicted molar refractivity (Wildman–Crippen MR) is 128 cm³/mol. The molecule has 2 aromatic heterocycles. The summed E-state index contributed by atoms with van der Waals surface area (Å²) < 4.78 is 8.85. The minimum Gasteiger partial charge on any atom is -0.441 e. The first-order chi connectivity index (χ1) is 15.5. The Labute approximate surface area is 193 Å². The van der Waals surface area contributed by atoms with Crippen molar-refractivity contribution < 1.29 is 9.21 Å². The van der Waals surface area contributed by atoms with Gasteiger partial charge < -0.3 is 8.98 Å². The average molecular weight is 486 g/mol. The Kier molecular flexibility index (Phi) is 5.23. The lowest BCUT2D eigenvalue weighted by Crippen LogP contribution is -2.13. The summed E-state index contributed by atoms with van der Waals surface area (Å²) in [6.07, 6.45) is 0. The maximum absolute atomic E-state index is 13.4. The van der Waals surface area contributed by atoms with Crippen LogP contribution in [-0.4, -0.2) is 20.3 Å². The van der Waals surface area contributed by atoms with E-state index in [4.69, 9.17) is 9.40 Å². The summed E-state index contributed by atoms with van der Waals surface area (Å²) in [6.45, 7) is 4.33. The van der Waals surface area contributed by atoms with Gasteiger partial charge in [0.1, 0.15) is 11.5 Å². The third kappa shape index (κ3) is 3.67.